The molecule has 1 heterocycles. The molecule has 0 aliphatic rings. The molecule has 122 valence electrons. The van der Waals surface area contributed by atoms with E-state index in [1.807, 2.05) is 6.07 Å². The van der Waals surface area contributed by atoms with Gasteiger partial charge in [0.2, 0.25) is 0 Å². The maximum Gasteiger partial charge on any atom is 0.357 e. The number of carbonyl (C=O) groups excluding carboxylic acids is 2. The Morgan fingerprint density at radius 1 is 1.33 bits per heavy atom. The molecule has 0 unspecified atom stereocenters. The number of aromatic nitrogens is 1. The van der Waals surface area contributed by atoms with Crippen molar-refractivity contribution in [3.05, 3.63) is 53.3 Å². The Bertz CT molecular complexity index is 792. The minimum Gasteiger partial charge on any atom is -0.451 e. The number of ether oxygens (including phenoxy) is 1. The fraction of sp³-hybridized carbons (Fsp3) is 0.125. The third-order valence-corrected chi connectivity index (χ3v) is 3.89. The van der Waals surface area contributed by atoms with Crippen LogP contribution in [-0.2, 0) is 9.53 Å². The minimum atomic E-state index is -0.736. The smallest absolute Gasteiger partial charge is 0.357 e. The lowest BCUT2D eigenvalue weighted by atomic mass is 10.3. The molecule has 0 bridgehead atoms. The normalized spacial score (nSPS) is 9.83. The maximum absolute atomic E-state index is 11.9. The summed E-state index contributed by atoms with van der Waals surface area (Å²) in [6, 6.07) is 12.0. The largest absolute Gasteiger partial charge is 0.451 e. The van der Waals surface area contributed by atoms with E-state index in [4.69, 9.17) is 21.6 Å². The maximum atomic E-state index is 11.9. The Kier molecular flexibility index (Phi) is 6.61. The van der Waals surface area contributed by atoms with E-state index in [-0.39, 0.29) is 11.4 Å². The molecule has 2 rings (SSSR count). The van der Waals surface area contributed by atoms with E-state index in [2.05, 4.69) is 10.3 Å². The van der Waals surface area contributed by atoms with E-state index in [0.717, 1.165) is 4.90 Å². The predicted octanol–water partition coefficient (Wildman–Crippen LogP) is 3.15. The van der Waals surface area contributed by atoms with E-state index in [9.17, 15) is 9.59 Å². The van der Waals surface area contributed by atoms with Crippen molar-refractivity contribution in [1.82, 2.24) is 4.98 Å². The van der Waals surface area contributed by atoms with E-state index in [1.165, 1.54) is 30.1 Å². The molecule has 1 aromatic heterocycles. The van der Waals surface area contributed by atoms with Crippen molar-refractivity contribution in [2.75, 3.05) is 17.7 Å². The monoisotopic (exact) mass is 361 g/mol. The van der Waals surface area contributed by atoms with Crippen molar-refractivity contribution in [2.24, 2.45) is 0 Å². The molecule has 0 saturated carbocycles. The molecule has 0 radical (unpaired) electrons. The molecule has 24 heavy (non-hydrogen) atoms. The number of esters is 1. The molecule has 0 spiro atoms. The number of nitrogens with zero attached hydrogens (tertiary/aromatic N) is 2. The van der Waals surface area contributed by atoms with Gasteiger partial charge in [0.25, 0.3) is 5.91 Å². The van der Waals surface area contributed by atoms with Gasteiger partial charge in [-0.05, 0) is 24.3 Å². The van der Waals surface area contributed by atoms with E-state index in [0.29, 0.717) is 10.7 Å². The van der Waals surface area contributed by atoms with Gasteiger partial charge in [-0.3, -0.25) is 4.79 Å². The molecule has 8 heteroatoms. The van der Waals surface area contributed by atoms with Crippen LogP contribution in [0.4, 0.5) is 5.69 Å². The molecular weight excluding hydrogens is 350 g/mol. The van der Waals surface area contributed by atoms with Crippen LogP contribution in [0.1, 0.15) is 10.5 Å². The first-order valence-corrected chi connectivity index (χ1v) is 8.14. The number of nitrogens with one attached hydrogen (secondary N) is 1. The van der Waals surface area contributed by atoms with Crippen LogP contribution in [0, 0.1) is 11.3 Å². The lowest BCUT2D eigenvalue weighted by Crippen LogP contribution is -2.21. The Morgan fingerprint density at radius 2 is 2.12 bits per heavy atom. The molecule has 1 amide bonds. The predicted molar refractivity (Wildman–Crippen MR) is 90.9 cm³/mol. The van der Waals surface area contributed by atoms with Crippen LogP contribution >= 0.6 is 23.4 Å². The van der Waals surface area contributed by atoms with Gasteiger partial charge < -0.3 is 10.1 Å². The molecule has 6 nitrogen and oxygen atoms in total. The summed E-state index contributed by atoms with van der Waals surface area (Å²) < 4.78 is 4.91. The fourth-order valence-corrected chi connectivity index (χ4v) is 2.54. The van der Waals surface area contributed by atoms with E-state index in [1.54, 1.807) is 24.3 Å². The second-order valence-corrected chi connectivity index (χ2v) is 5.88. The van der Waals surface area contributed by atoms with Gasteiger partial charge in [0.15, 0.2) is 6.61 Å². The second-order valence-electron chi connectivity index (χ2n) is 4.43. The van der Waals surface area contributed by atoms with Crippen LogP contribution in [0.5, 0.6) is 0 Å². The van der Waals surface area contributed by atoms with E-state index < -0.39 is 18.5 Å². The Labute approximate surface area is 147 Å². The zero-order valence-electron chi connectivity index (χ0n) is 12.4. The van der Waals surface area contributed by atoms with Crippen LogP contribution in [0.3, 0.4) is 0 Å². The van der Waals surface area contributed by atoms with Crippen LogP contribution in [0.2, 0.25) is 5.02 Å². The van der Waals surface area contributed by atoms with Crippen LogP contribution in [0.25, 0.3) is 0 Å². The highest BCUT2D eigenvalue weighted by Crippen LogP contribution is 2.26. The Morgan fingerprint density at radius 3 is 2.88 bits per heavy atom. The highest BCUT2D eigenvalue weighted by molar-refractivity contribution is 7.99. The molecule has 1 N–H and O–H groups in total. The number of halogens is 1. The van der Waals surface area contributed by atoms with Gasteiger partial charge in [0, 0.05) is 16.1 Å². The van der Waals surface area contributed by atoms with Gasteiger partial charge >= 0.3 is 5.97 Å². The van der Waals surface area contributed by atoms with Crippen molar-refractivity contribution in [1.29, 1.82) is 5.26 Å². The zero-order chi connectivity index (χ0) is 17.4. The topological polar surface area (TPSA) is 92.1 Å². The summed E-state index contributed by atoms with van der Waals surface area (Å²) in [6.07, 6.45) is 1.38. The summed E-state index contributed by atoms with van der Waals surface area (Å²) in [4.78, 5) is 28.3. The molecule has 0 atom stereocenters. The second kappa shape index (κ2) is 8.91. The molecular formula is C16H12ClN3O3S. The summed E-state index contributed by atoms with van der Waals surface area (Å²) in [5.41, 5.74) is 0.583. The summed E-state index contributed by atoms with van der Waals surface area (Å²) in [6.45, 7) is -0.454. The summed E-state index contributed by atoms with van der Waals surface area (Å²) >= 11 is 7.07. The van der Waals surface area contributed by atoms with Gasteiger partial charge in [-0.15, -0.1) is 11.8 Å². The number of rotatable bonds is 6. The first kappa shape index (κ1) is 17.8. The van der Waals surface area contributed by atoms with Gasteiger partial charge in [0.1, 0.15) is 5.69 Å². The molecule has 0 aliphatic carbocycles. The zero-order valence-corrected chi connectivity index (χ0v) is 13.9. The number of para-hydroxylation sites is 1. The quantitative estimate of drug-likeness (QED) is 0.627. The highest BCUT2D eigenvalue weighted by atomic mass is 35.5. The standard InChI is InChI=1S/C16H12ClN3O3S/c17-11-5-7-19-13(9-11)16(22)23-10-15(21)20-12-3-1-2-4-14(12)24-8-6-18/h1-5,7,9H,8,10H2,(H,20,21). The van der Waals surface area contributed by atoms with Crippen molar-refractivity contribution in [2.45, 2.75) is 4.90 Å². The molecule has 0 saturated heterocycles. The molecule has 0 fully saturated rings. The number of hydrogen-bond donors (Lipinski definition) is 1. The van der Waals surface area contributed by atoms with Gasteiger partial charge in [-0.1, -0.05) is 23.7 Å². The Balaban J connectivity index is 1.92. The van der Waals surface area contributed by atoms with E-state index >= 15 is 0 Å². The average Bonchev–Trinajstić information content (AvgIpc) is 2.59. The van der Waals surface area contributed by atoms with Crippen LogP contribution < -0.4 is 5.32 Å². The van der Waals surface area contributed by atoms with Crippen molar-refractivity contribution in [3.8, 4) is 6.07 Å². The van der Waals surface area contributed by atoms with Crippen LogP contribution in [0.15, 0.2) is 47.5 Å². The number of amides is 1. The molecule has 2 aromatic rings. The van der Waals surface area contributed by atoms with Crippen molar-refractivity contribution >= 4 is 40.9 Å². The number of thioether (sulfide) groups is 1. The number of anilines is 1. The lowest BCUT2D eigenvalue weighted by molar-refractivity contribution is -0.119. The highest BCUT2D eigenvalue weighted by Gasteiger charge is 2.13. The van der Waals surface area contributed by atoms with Gasteiger partial charge in [-0.25, -0.2) is 9.78 Å². The van der Waals surface area contributed by atoms with Crippen molar-refractivity contribution < 1.29 is 14.3 Å². The lowest BCUT2D eigenvalue weighted by Gasteiger charge is -2.10. The summed E-state index contributed by atoms with van der Waals surface area (Å²) in [7, 11) is 0. The third kappa shape index (κ3) is 5.26. The summed E-state index contributed by atoms with van der Waals surface area (Å²) in [5.74, 6) is -0.961. The van der Waals surface area contributed by atoms with Gasteiger partial charge in [0.05, 0.1) is 17.5 Å². The number of pyridine rings is 1. The third-order valence-electron chi connectivity index (χ3n) is 2.72. The average molecular weight is 362 g/mol. The number of benzene rings is 1. The van der Waals surface area contributed by atoms with Crippen LogP contribution in [-0.4, -0.2) is 29.2 Å². The number of hydrogen-bond acceptors (Lipinski definition) is 6. The van der Waals surface area contributed by atoms with Crippen molar-refractivity contribution in [3.63, 3.8) is 0 Å². The fourth-order valence-electron chi connectivity index (χ4n) is 1.71. The first-order valence-electron chi connectivity index (χ1n) is 6.77. The summed E-state index contributed by atoms with van der Waals surface area (Å²) in [5, 5.41) is 11.6. The number of carbonyl (C=O) groups is 2. The molecule has 1 aromatic carbocycles. The van der Waals surface area contributed by atoms with Gasteiger partial charge in [-0.2, -0.15) is 5.26 Å². The SMILES string of the molecule is N#CCSc1ccccc1NC(=O)COC(=O)c1cc(Cl)ccn1. The molecule has 0 aliphatic heterocycles. The minimum absolute atomic E-state index is 0.0280. The number of nitriles is 1. The first-order chi connectivity index (χ1) is 11.6. The Hall–Kier alpha value is -2.56.